The predicted octanol–water partition coefficient (Wildman–Crippen LogP) is 2.85. The third-order valence-corrected chi connectivity index (χ3v) is 3.73. The van der Waals surface area contributed by atoms with Crippen molar-refractivity contribution in [3.05, 3.63) is 46.2 Å². The highest BCUT2D eigenvalue weighted by Crippen LogP contribution is 2.24. The third-order valence-electron chi connectivity index (χ3n) is 3.73. The predicted molar refractivity (Wildman–Crippen MR) is 82.8 cm³/mol. The minimum atomic E-state index is -0.421. The van der Waals surface area contributed by atoms with Gasteiger partial charge in [-0.1, -0.05) is 12.1 Å². The van der Waals surface area contributed by atoms with Crippen molar-refractivity contribution < 1.29 is 9.53 Å². The Bertz CT molecular complexity index is 733. The molecule has 6 nitrogen and oxygen atoms in total. The summed E-state index contributed by atoms with van der Waals surface area (Å²) in [6, 6.07) is 8.75. The van der Waals surface area contributed by atoms with Crippen LogP contribution in [0.2, 0.25) is 0 Å². The van der Waals surface area contributed by atoms with Gasteiger partial charge in [0.25, 0.3) is 5.56 Å². The Morgan fingerprint density at radius 2 is 2.05 bits per heavy atom. The van der Waals surface area contributed by atoms with Gasteiger partial charge in [0.2, 0.25) is 0 Å². The van der Waals surface area contributed by atoms with Gasteiger partial charge < -0.3 is 4.74 Å². The molecular weight excluding hydrogens is 282 g/mol. The summed E-state index contributed by atoms with van der Waals surface area (Å²) < 4.78 is 5.24. The van der Waals surface area contributed by atoms with Crippen molar-refractivity contribution in [3.8, 4) is 11.3 Å². The summed E-state index contributed by atoms with van der Waals surface area (Å²) in [4.78, 5) is 22.9. The number of benzene rings is 1. The number of amides is 1. The van der Waals surface area contributed by atoms with Crippen LogP contribution in [-0.2, 0) is 4.74 Å². The van der Waals surface area contributed by atoms with Crippen LogP contribution in [-0.4, -0.2) is 22.4 Å². The molecule has 0 bridgehead atoms. The highest BCUT2D eigenvalue weighted by Gasteiger charge is 2.21. The van der Waals surface area contributed by atoms with Crippen LogP contribution in [0.5, 0.6) is 0 Å². The smallest absolute Gasteiger partial charge is 0.411 e. The number of ether oxygens (including phenoxy) is 1. The van der Waals surface area contributed by atoms with E-state index in [1.54, 1.807) is 12.1 Å². The van der Waals surface area contributed by atoms with Crippen LogP contribution in [0.15, 0.2) is 35.1 Å². The number of anilines is 1. The van der Waals surface area contributed by atoms with Gasteiger partial charge in [0, 0.05) is 17.3 Å². The normalized spacial score (nSPS) is 14.2. The number of carbonyl (C=O) groups excluding carboxylic acids is 1. The number of hydrogen-bond donors (Lipinski definition) is 2. The van der Waals surface area contributed by atoms with Gasteiger partial charge >= 0.3 is 6.09 Å². The molecule has 0 atom stereocenters. The maximum absolute atomic E-state index is 11.7. The molecule has 1 aliphatic carbocycles. The summed E-state index contributed by atoms with van der Waals surface area (Å²) in [5.74, 6) is 0. The fourth-order valence-electron chi connectivity index (χ4n) is 2.29. The molecule has 1 amide bonds. The molecule has 1 aromatic carbocycles. The van der Waals surface area contributed by atoms with Gasteiger partial charge in [-0.25, -0.2) is 9.89 Å². The first-order valence-corrected chi connectivity index (χ1v) is 7.26. The minimum absolute atomic E-state index is 0.0623. The summed E-state index contributed by atoms with van der Waals surface area (Å²) in [5, 5.41) is 9.18. The second-order valence-corrected chi connectivity index (χ2v) is 5.42. The van der Waals surface area contributed by atoms with Gasteiger partial charge in [-0.3, -0.25) is 10.1 Å². The van der Waals surface area contributed by atoms with Gasteiger partial charge in [-0.15, -0.1) is 0 Å². The van der Waals surface area contributed by atoms with E-state index in [4.69, 9.17) is 4.74 Å². The van der Waals surface area contributed by atoms with Gasteiger partial charge in [-0.05, 0) is 43.9 Å². The van der Waals surface area contributed by atoms with Crippen LogP contribution in [0, 0.1) is 6.92 Å². The van der Waals surface area contributed by atoms with Gasteiger partial charge in [0.15, 0.2) is 0 Å². The zero-order valence-electron chi connectivity index (χ0n) is 12.3. The second kappa shape index (κ2) is 6.01. The Morgan fingerprint density at radius 1 is 1.32 bits per heavy atom. The lowest BCUT2D eigenvalue weighted by Gasteiger charge is -2.25. The molecule has 1 saturated carbocycles. The maximum Gasteiger partial charge on any atom is 0.411 e. The van der Waals surface area contributed by atoms with Crippen molar-refractivity contribution in [2.45, 2.75) is 32.3 Å². The molecular formula is C16H17N3O3. The number of nitrogens with zero attached hydrogens (tertiary/aromatic N) is 1. The van der Waals surface area contributed by atoms with Crippen LogP contribution in [0.1, 0.15) is 24.8 Å². The van der Waals surface area contributed by atoms with Crippen molar-refractivity contribution in [1.29, 1.82) is 0 Å². The number of H-pyrrole nitrogens is 1. The Hall–Kier alpha value is -2.63. The molecule has 2 aromatic rings. The fourth-order valence-corrected chi connectivity index (χ4v) is 2.29. The molecule has 1 aliphatic rings. The van der Waals surface area contributed by atoms with Gasteiger partial charge in [0.05, 0.1) is 5.69 Å². The number of rotatable bonds is 3. The van der Waals surface area contributed by atoms with Crippen molar-refractivity contribution in [2.75, 3.05) is 5.32 Å². The SMILES string of the molecule is Cc1cc(=O)[nH]nc1-c1ccc(NC(=O)OC2CCC2)cc1. The number of aromatic nitrogens is 2. The summed E-state index contributed by atoms with van der Waals surface area (Å²) in [6.45, 7) is 1.83. The van der Waals surface area contributed by atoms with E-state index in [-0.39, 0.29) is 11.7 Å². The summed E-state index contributed by atoms with van der Waals surface area (Å²) in [7, 11) is 0. The molecule has 22 heavy (non-hydrogen) atoms. The quantitative estimate of drug-likeness (QED) is 0.912. The number of carbonyl (C=O) groups is 1. The molecule has 3 rings (SSSR count). The largest absolute Gasteiger partial charge is 0.446 e. The molecule has 0 spiro atoms. The number of aryl methyl sites for hydroxylation is 1. The van der Waals surface area contributed by atoms with E-state index in [1.165, 1.54) is 6.07 Å². The molecule has 0 saturated heterocycles. The zero-order valence-corrected chi connectivity index (χ0v) is 12.3. The van der Waals surface area contributed by atoms with E-state index >= 15 is 0 Å². The van der Waals surface area contributed by atoms with Crippen LogP contribution < -0.4 is 10.9 Å². The second-order valence-electron chi connectivity index (χ2n) is 5.42. The number of aromatic amines is 1. The number of nitrogens with one attached hydrogen (secondary N) is 2. The van der Waals surface area contributed by atoms with E-state index in [1.807, 2.05) is 19.1 Å². The van der Waals surface area contributed by atoms with E-state index in [0.29, 0.717) is 11.4 Å². The molecule has 2 N–H and O–H groups in total. The lowest BCUT2D eigenvalue weighted by atomic mass is 9.96. The first-order chi connectivity index (χ1) is 10.6. The van der Waals surface area contributed by atoms with Gasteiger partial charge in [0.1, 0.15) is 6.10 Å². The Morgan fingerprint density at radius 3 is 2.64 bits per heavy atom. The van der Waals surface area contributed by atoms with E-state index < -0.39 is 6.09 Å². The molecule has 0 aliphatic heterocycles. The van der Waals surface area contributed by atoms with Crippen molar-refractivity contribution in [3.63, 3.8) is 0 Å². The molecule has 1 aromatic heterocycles. The molecule has 6 heteroatoms. The molecule has 1 fully saturated rings. The van der Waals surface area contributed by atoms with E-state index in [0.717, 1.165) is 30.4 Å². The van der Waals surface area contributed by atoms with Gasteiger partial charge in [-0.2, -0.15) is 5.10 Å². The highest BCUT2D eigenvalue weighted by atomic mass is 16.6. The average molecular weight is 299 g/mol. The lowest BCUT2D eigenvalue weighted by Crippen LogP contribution is -2.27. The molecule has 1 heterocycles. The Labute approximate surface area is 127 Å². The number of hydrogen-bond acceptors (Lipinski definition) is 4. The monoisotopic (exact) mass is 299 g/mol. The lowest BCUT2D eigenvalue weighted by molar-refractivity contribution is 0.0624. The summed E-state index contributed by atoms with van der Waals surface area (Å²) >= 11 is 0. The first kappa shape index (κ1) is 14.3. The standard InChI is InChI=1S/C16H17N3O3/c1-10-9-14(20)18-19-15(10)11-5-7-12(8-6-11)17-16(21)22-13-3-2-4-13/h5-9,13H,2-4H2,1H3,(H,17,21)(H,18,20). The van der Waals surface area contributed by atoms with Crippen molar-refractivity contribution >= 4 is 11.8 Å². The highest BCUT2D eigenvalue weighted by molar-refractivity contribution is 5.85. The van der Waals surface area contributed by atoms with Crippen LogP contribution in [0.25, 0.3) is 11.3 Å². The average Bonchev–Trinajstić information content (AvgIpc) is 2.44. The van der Waals surface area contributed by atoms with Crippen molar-refractivity contribution in [1.82, 2.24) is 10.2 Å². The topological polar surface area (TPSA) is 84.1 Å². The summed E-state index contributed by atoms with van der Waals surface area (Å²) in [5.41, 5.74) is 2.82. The van der Waals surface area contributed by atoms with E-state index in [9.17, 15) is 9.59 Å². The molecule has 0 unspecified atom stereocenters. The summed E-state index contributed by atoms with van der Waals surface area (Å²) in [6.07, 6.45) is 2.66. The molecule has 0 radical (unpaired) electrons. The first-order valence-electron chi connectivity index (χ1n) is 7.26. The van der Waals surface area contributed by atoms with Crippen LogP contribution in [0.3, 0.4) is 0 Å². The Balaban J connectivity index is 1.69. The van der Waals surface area contributed by atoms with Crippen molar-refractivity contribution in [2.24, 2.45) is 0 Å². The Kier molecular flexibility index (Phi) is 3.91. The molecule has 114 valence electrons. The third kappa shape index (κ3) is 3.16. The minimum Gasteiger partial charge on any atom is -0.446 e. The zero-order chi connectivity index (χ0) is 15.5. The van der Waals surface area contributed by atoms with Crippen LogP contribution in [0.4, 0.5) is 10.5 Å². The fraction of sp³-hybridized carbons (Fsp3) is 0.312. The van der Waals surface area contributed by atoms with Crippen LogP contribution >= 0.6 is 0 Å². The van der Waals surface area contributed by atoms with E-state index in [2.05, 4.69) is 15.5 Å². The maximum atomic E-state index is 11.7.